The molecule has 0 amide bonds. The second-order valence-corrected chi connectivity index (χ2v) is 5.64. The molecule has 0 heterocycles. The maximum atomic E-state index is 5.66. The molecule has 2 rings (SSSR count). The fourth-order valence-corrected chi connectivity index (χ4v) is 2.30. The van der Waals surface area contributed by atoms with E-state index in [1.54, 1.807) is 0 Å². The number of nitrogens with two attached hydrogens (primary N) is 1. The summed E-state index contributed by atoms with van der Waals surface area (Å²) in [6.45, 7) is 5.06. The van der Waals surface area contributed by atoms with Gasteiger partial charge in [0.15, 0.2) is 0 Å². The molecule has 0 saturated carbocycles. The smallest absolute Gasteiger partial charge is 0.103 e. The first-order chi connectivity index (χ1) is 9.47. The molecule has 0 saturated heterocycles. The van der Waals surface area contributed by atoms with Crippen molar-refractivity contribution < 1.29 is 0 Å². The van der Waals surface area contributed by atoms with Gasteiger partial charge in [0.2, 0.25) is 0 Å². The molecule has 0 aromatic heterocycles. The van der Waals surface area contributed by atoms with Crippen LogP contribution in [0.15, 0.2) is 42.5 Å². The number of benzene rings is 2. The minimum Gasteiger partial charge on any atom is -0.389 e. The summed E-state index contributed by atoms with van der Waals surface area (Å²) in [5.41, 5.74) is 11.6. The molecule has 0 radical (unpaired) electrons. The van der Waals surface area contributed by atoms with Gasteiger partial charge in [-0.3, -0.25) is 0 Å². The highest BCUT2D eigenvalue weighted by molar-refractivity contribution is 7.80. The summed E-state index contributed by atoms with van der Waals surface area (Å²) >= 11 is 5.01. The molecule has 0 fully saturated rings. The van der Waals surface area contributed by atoms with Crippen molar-refractivity contribution in [3.63, 3.8) is 0 Å². The van der Waals surface area contributed by atoms with Crippen molar-refractivity contribution in [1.82, 2.24) is 0 Å². The number of thiocarbonyl (C=S) groups is 1. The fraction of sp³-hybridized carbons (Fsp3) is 0.235. The van der Waals surface area contributed by atoms with Gasteiger partial charge in [-0.1, -0.05) is 42.0 Å². The first-order valence-electron chi connectivity index (χ1n) is 6.64. The van der Waals surface area contributed by atoms with E-state index < -0.39 is 0 Å². The molecule has 2 aromatic carbocycles. The normalized spacial score (nSPS) is 10.3. The van der Waals surface area contributed by atoms with E-state index in [0.29, 0.717) is 4.99 Å². The van der Waals surface area contributed by atoms with Gasteiger partial charge in [0.05, 0.1) is 0 Å². The number of rotatable bonds is 4. The Morgan fingerprint density at radius 3 is 2.30 bits per heavy atom. The molecular formula is C17H20N2S. The SMILES string of the molecule is Cc1ccc(N(C)Cc2ccc(C(N)=S)cc2C)cc1. The lowest BCUT2D eigenvalue weighted by molar-refractivity contribution is 0.914. The van der Waals surface area contributed by atoms with Crippen molar-refractivity contribution in [1.29, 1.82) is 0 Å². The Labute approximate surface area is 126 Å². The molecule has 0 aliphatic rings. The van der Waals surface area contributed by atoms with Crippen LogP contribution < -0.4 is 10.6 Å². The molecule has 20 heavy (non-hydrogen) atoms. The van der Waals surface area contributed by atoms with Crippen molar-refractivity contribution >= 4 is 22.9 Å². The van der Waals surface area contributed by atoms with Gasteiger partial charge < -0.3 is 10.6 Å². The summed E-state index contributed by atoms with van der Waals surface area (Å²) < 4.78 is 0. The van der Waals surface area contributed by atoms with Crippen molar-refractivity contribution in [2.75, 3.05) is 11.9 Å². The van der Waals surface area contributed by atoms with Crippen LogP contribution in [0.4, 0.5) is 5.69 Å². The second kappa shape index (κ2) is 6.06. The van der Waals surface area contributed by atoms with Gasteiger partial charge in [0.1, 0.15) is 4.99 Å². The van der Waals surface area contributed by atoms with Crippen LogP contribution in [0.3, 0.4) is 0 Å². The van der Waals surface area contributed by atoms with Gasteiger partial charge in [-0.25, -0.2) is 0 Å². The molecule has 0 bridgehead atoms. The quantitative estimate of drug-likeness (QED) is 0.870. The van der Waals surface area contributed by atoms with Crippen LogP contribution in [0.2, 0.25) is 0 Å². The Balaban J connectivity index is 2.17. The van der Waals surface area contributed by atoms with Crippen LogP contribution in [-0.2, 0) is 6.54 Å². The topological polar surface area (TPSA) is 29.3 Å². The largest absolute Gasteiger partial charge is 0.389 e. The lowest BCUT2D eigenvalue weighted by Crippen LogP contribution is -2.17. The first-order valence-corrected chi connectivity index (χ1v) is 7.05. The standard InChI is InChI=1S/C17H20N2S/c1-12-4-8-16(9-5-12)19(3)11-15-7-6-14(17(18)20)10-13(15)2/h4-10H,11H2,1-3H3,(H2,18,20). The van der Waals surface area contributed by atoms with Crippen LogP contribution in [0.5, 0.6) is 0 Å². The second-order valence-electron chi connectivity index (χ2n) is 5.20. The average Bonchev–Trinajstić information content (AvgIpc) is 2.41. The highest BCUT2D eigenvalue weighted by atomic mass is 32.1. The fourth-order valence-electron chi connectivity index (χ4n) is 2.17. The Morgan fingerprint density at radius 1 is 1.10 bits per heavy atom. The maximum Gasteiger partial charge on any atom is 0.103 e. The van der Waals surface area contributed by atoms with E-state index in [-0.39, 0.29) is 0 Å². The van der Waals surface area contributed by atoms with Gasteiger partial charge in [-0.05, 0) is 43.2 Å². The lowest BCUT2D eigenvalue weighted by Gasteiger charge is -2.21. The van der Waals surface area contributed by atoms with E-state index in [0.717, 1.165) is 12.1 Å². The van der Waals surface area contributed by atoms with E-state index in [2.05, 4.69) is 62.2 Å². The molecule has 2 aromatic rings. The average molecular weight is 284 g/mol. The minimum atomic E-state index is 0.450. The predicted molar refractivity (Wildman–Crippen MR) is 90.4 cm³/mol. The summed E-state index contributed by atoms with van der Waals surface area (Å²) in [5, 5.41) is 0. The highest BCUT2D eigenvalue weighted by Crippen LogP contribution is 2.19. The van der Waals surface area contributed by atoms with Crippen molar-refractivity contribution in [3.05, 3.63) is 64.7 Å². The minimum absolute atomic E-state index is 0.450. The Kier molecular flexibility index (Phi) is 4.40. The van der Waals surface area contributed by atoms with Gasteiger partial charge in [0.25, 0.3) is 0 Å². The molecule has 0 unspecified atom stereocenters. The van der Waals surface area contributed by atoms with E-state index in [4.69, 9.17) is 18.0 Å². The van der Waals surface area contributed by atoms with Crippen LogP contribution in [0.1, 0.15) is 22.3 Å². The van der Waals surface area contributed by atoms with Crippen LogP contribution >= 0.6 is 12.2 Å². The van der Waals surface area contributed by atoms with Crippen LogP contribution in [-0.4, -0.2) is 12.0 Å². The summed E-state index contributed by atoms with van der Waals surface area (Å²) in [6.07, 6.45) is 0. The summed E-state index contributed by atoms with van der Waals surface area (Å²) in [7, 11) is 2.10. The summed E-state index contributed by atoms with van der Waals surface area (Å²) in [5.74, 6) is 0. The maximum absolute atomic E-state index is 5.66. The van der Waals surface area contributed by atoms with Gasteiger partial charge >= 0.3 is 0 Å². The summed E-state index contributed by atoms with van der Waals surface area (Å²) in [4.78, 5) is 2.69. The molecule has 0 spiro atoms. The Morgan fingerprint density at radius 2 is 1.75 bits per heavy atom. The molecule has 0 atom stereocenters. The molecule has 3 heteroatoms. The lowest BCUT2D eigenvalue weighted by atomic mass is 10.0. The van der Waals surface area contributed by atoms with Crippen molar-refractivity contribution in [3.8, 4) is 0 Å². The van der Waals surface area contributed by atoms with Crippen molar-refractivity contribution in [2.24, 2.45) is 5.73 Å². The van der Waals surface area contributed by atoms with Gasteiger partial charge in [-0.15, -0.1) is 0 Å². The van der Waals surface area contributed by atoms with E-state index in [9.17, 15) is 0 Å². The van der Waals surface area contributed by atoms with Gasteiger partial charge in [-0.2, -0.15) is 0 Å². The van der Waals surface area contributed by atoms with Crippen LogP contribution in [0, 0.1) is 13.8 Å². The highest BCUT2D eigenvalue weighted by Gasteiger charge is 2.06. The third-order valence-corrected chi connectivity index (χ3v) is 3.75. The number of anilines is 1. The number of hydrogen-bond donors (Lipinski definition) is 1. The molecule has 2 nitrogen and oxygen atoms in total. The zero-order chi connectivity index (χ0) is 14.7. The van der Waals surface area contributed by atoms with E-state index in [1.807, 2.05) is 6.07 Å². The summed E-state index contributed by atoms with van der Waals surface area (Å²) in [6, 6.07) is 14.7. The molecular weight excluding hydrogens is 264 g/mol. The molecule has 0 aliphatic heterocycles. The Hall–Kier alpha value is -1.87. The first kappa shape index (κ1) is 14.5. The van der Waals surface area contributed by atoms with E-state index in [1.165, 1.54) is 22.4 Å². The van der Waals surface area contributed by atoms with E-state index >= 15 is 0 Å². The Bertz CT molecular complexity index is 617. The third-order valence-electron chi connectivity index (χ3n) is 3.51. The zero-order valence-electron chi connectivity index (χ0n) is 12.2. The number of nitrogens with zero attached hydrogens (tertiary/aromatic N) is 1. The number of hydrogen-bond acceptors (Lipinski definition) is 2. The van der Waals surface area contributed by atoms with Gasteiger partial charge in [0, 0.05) is 24.8 Å². The van der Waals surface area contributed by atoms with Crippen molar-refractivity contribution in [2.45, 2.75) is 20.4 Å². The predicted octanol–water partition coefficient (Wildman–Crippen LogP) is 3.57. The molecule has 104 valence electrons. The third kappa shape index (κ3) is 3.36. The molecule has 0 aliphatic carbocycles. The monoisotopic (exact) mass is 284 g/mol. The zero-order valence-corrected chi connectivity index (χ0v) is 13.0. The van der Waals surface area contributed by atoms with Crippen LogP contribution in [0.25, 0.3) is 0 Å². The number of aryl methyl sites for hydroxylation is 2. The molecule has 2 N–H and O–H groups in total.